The van der Waals surface area contributed by atoms with Crippen molar-refractivity contribution in [2.24, 2.45) is 0 Å². The lowest BCUT2D eigenvalue weighted by Crippen LogP contribution is -2.46. The van der Waals surface area contributed by atoms with Crippen LogP contribution in [0.4, 0.5) is 10.5 Å². The predicted molar refractivity (Wildman–Crippen MR) is 99.4 cm³/mol. The SMILES string of the molecule is Cc1ccc(NC(=O)N2CCCC(Oc3ccncc3Cl)C2)cc1C. The van der Waals surface area contributed by atoms with E-state index in [1.54, 1.807) is 23.4 Å². The molecule has 0 spiro atoms. The number of hydrogen-bond donors (Lipinski definition) is 1. The van der Waals surface area contributed by atoms with Crippen LogP contribution in [0.1, 0.15) is 24.0 Å². The van der Waals surface area contributed by atoms with Crippen molar-refractivity contribution in [3.63, 3.8) is 0 Å². The number of nitrogens with zero attached hydrogens (tertiary/aromatic N) is 2. The van der Waals surface area contributed by atoms with Crippen LogP contribution in [-0.4, -0.2) is 35.1 Å². The van der Waals surface area contributed by atoms with Gasteiger partial charge in [-0.05, 0) is 49.9 Å². The Hall–Kier alpha value is -2.27. The van der Waals surface area contributed by atoms with Gasteiger partial charge in [-0.2, -0.15) is 0 Å². The fraction of sp³-hybridized carbons (Fsp3) is 0.368. The molecule has 1 unspecified atom stereocenters. The minimum Gasteiger partial charge on any atom is -0.487 e. The summed E-state index contributed by atoms with van der Waals surface area (Å²) >= 11 is 6.10. The fourth-order valence-electron chi connectivity index (χ4n) is 2.88. The van der Waals surface area contributed by atoms with Crippen molar-refractivity contribution in [3.05, 3.63) is 52.8 Å². The normalized spacial score (nSPS) is 17.2. The molecule has 1 aliphatic rings. The molecule has 1 fully saturated rings. The summed E-state index contributed by atoms with van der Waals surface area (Å²) in [6.07, 6.45) is 4.93. The van der Waals surface area contributed by atoms with Crippen LogP contribution in [0.25, 0.3) is 0 Å². The molecule has 1 aromatic heterocycles. The molecule has 0 bridgehead atoms. The van der Waals surface area contributed by atoms with E-state index in [1.807, 2.05) is 25.1 Å². The number of nitrogens with one attached hydrogen (secondary N) is 1. The number of benzene rings is 1. The summed E-state index contributed by atoms with van der Waals surface area (Å²) < 4.78 is 5.96. The van der Waals surface area contributed by atoms with E-state index in [0.29, 0.717) is 17.3 Å². The van der Waals surface area contributed by atoms with Gasteiger partial charge in [0.05, 0.1) is 6.54 Å². The monoisotopic (exact) mass is 359 g/mol. The Balaban J connectivity index is 1.61. The fourth-order valence-corrected chi connectivity index (χ4v) is 3.04. The second-order valence-electron chi connectivity index (χ2n) is 6.36. The number of pyridine rings is 1. The van der Waals surface area contributed by atoms with Crippen LogP contribution in [0.5, 0.6) is 5.75 Å². The molecule has 6 heteroatoms. The smallest absolute Gasteiger partial charge is 0.321 e. The molecule has 1 saturated heterocycles. The van der Waals surface area contributed by atoms with Gasteiger partial charge in [0.2, 0.25) is 0 Å². The van der Waals surface area contributed by atoms with E-state index in [2.05, 4.69) is 17.2 Å². The highest BCUT2D eigenvalue weighted by Crippen LogP contribution is 2.26. The van der Waals surface area contributed by atoms with Crippen LogP contribution in [0.3, 0.4) is 0 Å². The van der Waals surface area contributed by atoms with E-state index in [1.165, 1.54) is 5.56 Å². The Morgan fingerprint density at radius 1 is 1.32 bits per heavy atom. The van der Waals surface area contributed by atoms with Crippen LogP contribution in [0.2, 0.25) is 5.02 Å². The first-order valence-electron chi connectivity index (χ1n) is 8.42. The molecule has 2 heterocycles. The van der Waals surface area contributed by atoms with Gasteiger partial charge in [0, 0.05) is 30.7 Å². The van der Waals surface area contributed by atoms with Crippen molar-refractivity contribution in [3.8, 4) is 5.75 Å². The van der Waals surface area contributed by atoms with Crippen molar-refractivity contribution in [2.45, 2.75) is 32.8 Å². The van der Waals surface area contributed by atoms with Gasteiger partial charge >= 0.3 is 6.03 Å². The summed E-state index contributed by atoms with van der Waals surface area (Å²) in [6, 6.07) is 7.57. The maximum absolute atomic E-state index is 12.6. The Labute approximate surface area is 153 Å². The van der Waals surface area contributed by atoms with Gasteiger partial charge in [-0.15, -0.1) is 0 Å². The van der Waals surface area contributed by atoms with Gasteiger partial charge in [-0.25, -0.2) is 4.79 Å². The number of aromatic nitrogens is 1. The summed E-state index contributed by atoms with van der Waals surface area (Å²) in [5.41, 5.74) is 3.18. The molecule has 1 atom stereocenters. The molecule has 2 aromatic rings. The minimum atomic E-state index is -0.0996. The molecular formula is C19H22ClN3O2. The number of halogens is 1. The van der Waals surface area contributed by atoms with E-state index in [-0.39, 0.29) is 12.1 Å². The Kier molecular flexibility index (Phi) is 5.43. The average molecular weight is 360 g/mol. The molecule has 1 N–H and O–H groups in total. The van der Waals surface area contributed by atoms with Gasteiger partial charge in [0.1, 0.15) is 16.9 Å². The van der Waals surface area contributed by atoms with Gasteiger partial charge in [0.15, 0.2) is 0 Å². The molecule has 3 rings (SSSR count). The van der Waals surface area contributed by atoms with Gasteiger partial charge in [-0.3, -0.25) is 4.98 Å². The summed E-state index contributed by atoms with van der Waals surface area (Å²) in [5.74, 6) is 0.609. The third-order valence-electron chi connectivity index (χ3n) is 4.45. The molecule has 25 heavy (non-hydrogen) atoms. The average Bonchev–Trinajstić information content (AvgIpc) is 2.60. The molecule has 1 aliphatic heterocycles. The van der Waals surface area contributed by atoms with Crippen LogP contribution >= 0.6 is 11.6 Å². The van der Waals surface area contributed by atoms with Gasteiger partial charge in [0.25, 0.3) is 0 Å². The maximum atomic E-state index is 12.6. The molecule has 5 nitrogen and oxygen atoms in total. The molecule has 0 aliphatic carbocycles. The zero-order chi connectivity index (χ0) is 17.8. The standard InChI is InChI=1S/C19H22ClN3O2/c1-13-5-6-15(10-14(13)2)22-19(24)23-9-3-4-16(12-23)25-18-7-8-21-11-17(18)20/h5-8,10-11,16H,3-4,9,12H2,1-2H3,(H,22,24). The first kappa shape index (κ1) is 17.5. The lowest BCUT2D eigenvalue weighted by molar-refractivity contribution is 0.106. The van der Waals surface area contributed by atoms with Crippen LogP contribution < -0.4 is 10.1 Å². The van der Waals surface area contributed by atoms with Crippen LogP contribution in [0, 0.1) is 13.8 Å². The number of hydrogen-bond acceptors (Lipinski definition) is 3. The first-order chi connectivity index (χ1) is 12.0. The number of carbonyl (C=O) groups excluding carboxylic acids is 1. The Morgan fingerprint density at radius 2 is 2.16 bits per heavy atom. The maximum Gasteiger partial charge on any atom is 0.321 e. The number of piperidine rings is 1. The van der Waals surface area contributed by atoms with E-state index < -0.39 is 0 Å². The van der Waals surface area contributed by atoms with Crippen LogP contribution in [0.15, 0.2) is 36.7 Å². The number of rotatable bonds is 3. The van der Waals surface area contributed by atoms with E-state index in [4.69, 9.17) is 16.3 Å². The van der Waals surface area contributed by atoms with Crippen molar-refractivity contribution in [1.82, 2.24) is 9.88 Å². The number of carbonyl (C=O) groups is 1. The van der Waals surface area contributed by atoms with E-state index in [9.17, 15) is 4.79 Å². The molecule has 0 saturated carbocycles. The predicted octanol–water partition coefficient (Wildman–Crippen LogP) is 4.43. The summed E-state index contributed by atoms with van der Waals surface area (Å²) in [7, 11) is 0. The highest BCUT2D eigenvalue weighted by atomic mass is 35.5. The number of urea groups is 1. The second kappa shape index (κ2) is 7.74. The summed E-state index contributed by atoms with van der Waals surface area (Å²) in [5, 5.41) is 3.46. The molecule has 0 radical (unpaired) electrons. The third kappa shape index (κ3) is 4.42. The summed E-state index contributed by atoms with van der Waals surface area (Å²) in [4.78, 5) is 18.3. The van der Waals surface area contributed by atoms with Crippen LogP contribution in [-0.2, 0) is 0 Å². The topological polar surface area (TPSA) is 54.5 Å². The number of amides is 2. The lowest BCUT2D eigenvalue weighted by Gasteiger charge is -2.33. The highest BCUT2D eigenvalue weighted by molar-refractivity contribution is 6.31. The van der Waals surface area contributed by atoms with E-state index >= 15 is 0 Å². The second-order valence-corrected chi connectivity index (χ2v) is 6.77. The van der Waals surface area contributed by atoms with Crippen molar-refractivity contribution in [2.75, 3.05) is 18.4 Å². The quantitative estimate of drug-likeness (QED) is 0.882. The Morgan fingerprint density at radius 3 is 2.92 bits per heavy atom. The minimum absolute atomic E-state index is 0.0702. The molecule has 132 valence electrons. The zero-order valence-electron chi connectivity index (χ0n) is 14.5. The summed E-state index contributed by atoms with van der Waals surface area (Å²) in [6.45, 7) is 5.35. The number of aryl methyl sites for hydroxylation is 2. The van der Waals surface area contributed by atoms with Gasteiger partial charge < -0.3 is 15.0 Å². The molecular weight excluding hydrogens is 338 g/mol. The third-order valence-corrected chi connectivity index (χ3v) is 4.74. The molecule has 2 amide bonds. The highest BCUT2D eigenvalue weighted by Gasteiger charge is 2.25. The van der Waals surface area contributed by atoms with E-state index in [0.717, 1.165) is 30.6 Å². The largest absolute Gasteiger partial charge is 0.487 e. The molecule has 1 aromatic carbocycles. The van der Waals surface area contributed by atoms with Crippen molar-refractivity contribution in [1.29, 1.82) is 0 Å². The van der Waals surface area contributed by atoms with Crippen molar-refractivity contribution < 1.29 is 9.53 Å². The van der Waals surface area contributed by atoms with Gasteiger partial charge in [-0.1, -0.05) is 17.7 Å². The number of ether oxygens (including phenoxy) is 1. The zero-order valence-corrected chi connectivity index (χ0v) is 15.2. The van der Waals surface area contributed by atoms with Crippen molar-refractivity contribution >= 4 is 23.3 Å². The Bertz CT molecular complexity index is 766. The first-order valence-corrected chi connectivity index (χ1v) is 8.80. The lowest BCUT2D eigenvalue weighted by atomic mass is 10.1. The number of likely N-dealkylation sites (tertiary alicyclic amines) is 1. The number of anilines is 1.